The van der Waals surface area contributed by atoms with Gasteiger partial charge in [0.15, 0.2) is 6.61 Å². The molecule has 0 fully saturated rings. The molecule has 4 rings (SSSR count). The molecule has 0 radical (unpaired) electrons. The average Bonchev–Trinajstić information content (AvgIpc) is 2.73. The maximum Gasteiger partial charge on any atom is 0.343 e. The number of rotatable bonds is 5. The van der Waals surface area contributed by atoms with E-state index in [1.165, 1.54) is 0 Å². The number of hydrogen-bond acceptors (Lipinski definition) is 5. The number of ether oxygens (including phenoxy) is 3. The van der Waals surface area contributed by atoms with Gasteiger partial charge in [-0.2, -0.15) is 0 Å². The zero-order chi connectivity index (χ0) is 19.3. The summed E-state index contributed by atoms with van der Waals surface area (Å²) in [6.45, 7) is 0.429. The van der Waals surface area contributed by atoms with E-state index in [0.717, 1.165) is 5.56 Å². The molecule has 0 aromatic heterocycles. The van der Waals surface area contributed by atoms with Gasteiger partial charge in [-0.3, -0.25) is 4.79 Å². The number of carbonyl (C=O) groups excluding carboxylic acids is 2. The lowest BCUT2D eigenvalue weighted by atomic mass is 10.2. The summed E-state index contributed by atoms with van der Waals surface area (Å²) in [5, 5.41) is 2.68. The van der Waals surface area contributed by atoms with Gasteiger partial charge in [0.25, 0.3) is 5.91 Å². The van der Waals surface area contributed by atoms with E-state index in [-0.39, 0.29) is 12.5 Å². The summed E-state index contributed by atoms with van der Waals surface area (Å²) < 4.78 is 16.4. The van der Waals surface area contributed by atoms with Crippen LogP contribution in [0.2, 0.25) is 0 Å². The zero-order valence-electron chi connectivity index (χ0n) is 14.9. The van der Waals surface area contributed by atoms with E-state index in [1.807, 2.05) is 30.3 Å². The van der Waals surface area contributed by atoms with Crippen molar-refractivity contribution in [3.8, 4) is 17.2 Å². The Morgan fingerprint density at radius 3 is 2.50 bits per heavy atom. The zero-order valence-corrected chi connectivity index (χ0v) is 14.9. The van der Waals surface area contributed by atoms with Crippen LogP contribution in [0.1, 0.15) is 15.9 Å². The molecule has 0 spiro atoms. The molecular weight excluding hydrogens is 358 g/mol. The van der Waals surface area contributed by atoms with Gasteiger partial charge in [0.1, 0.15) is 23.9 Å². The summed E-state index contributed by atoms with van der Waals surface area (Å²) in [6.07, 6.45) is 0. The van der Waals surface area contributed by atoms with E-state index in [0.29, 0.717) is 35.1 Å². The van der Waals surface area contributed by atoms with Crippen molar-refractivity contribution in [3.05, 3.63) is 83.9 Å². The molecule has 28 heavy (non-hydrogen) atoms. The van der Waals surface area contributed by atoms with Gasteiger partial charge in [-0.15, -0.1) is 0 Å². The molecule has 1 aliphatic heterocycles. The molecule has 0 bridgehead atoms. The first kappa shape index (κ1) is 17.6. The summed E-state index contributed by atoms with van der Waals surface area (Å²) in [7, 11) is 0. The lowest BCUT2D eigenvalue weighted by Gasteiger charge is -2.18. The molecule has 3 aromatic rings. The van der Waals surface area contributed by atoms with Crippen LogP contribution in [-0.2, 0) is 11.4 Å². The average molecular weight is 375 g/mol. The van der Waals surface area contributed by atoms with Crippen LogP contribution in [0.5, 0.6) is 17.2 Å². The van der Waals surface area contributed by atoms with Gasteiger partial charge >= 0.3 is 5.97 Å². The van der Waals surface area contributed by atoms with Gasteiger partial charge in [0.2, 0.25) is 0 Å². The summed E-state index contributed by atoms with van der Waals surface area (Å²) in [5.74, 6) is 0.770. The van der Waals surface area contributed by atoms with E-state index in [2.05, 4.69) is 5.32 Å². The van der Waals surface area contributed by atoms with E-state index < -0.39 is 5.97 Å². The third-order valence-corrected chi connectivity index (χ3v) is 4.13. The van der Waals surface area contributed by atoms with E-state index in [9.17, 15) is 9.59 Å². The number of esters is 1. The van der Waals surface area contributed by atoms with Crippen molar-refractivity contribution in [2.75, 3.05) is 11.9 Å². The molecule has 0 unspecified atom stereocenters. The fourth-order valence-electron chi connectivity index (χ4n) is 2.72. The predicted octanol–water partition coefficient (Wildman–Crippen LogP) is 3.82. The smallest absolute Gasteiger partial charge is 0.343 e. The second kappa shape index (κ2) is 7.84. The van der Waals surface area contributed by atoms with Gasteiger partial charge in [-0.1, -0.05) is 30.3 Å². The van der Waals surface area contributed by atoms with E-state index in [4.69, 9.17) is 14.2 Å². The van der Waals surface area contributed by atoms with Crippen LogP contribution in [0.15, 0.2) is 72.8 Å². The Labute approximate surface area is 161 Å². The minimum absolute atomic E-state index is 0.0230. The van der Waals surface area contributed by atoms with Crippen molar-refractivity contribution in [2.45, 2.75) is 6.61 Å². The number of hydrogen-bond donors (Lipinski definition) is 1. The second-order valence-corrected chi connectivity index (χ2v) is 6.18. The van der Waals surface area contributed by atoms with Crippen molar-refractivity contribution in [1.29, 1.82) is 0 Å². The number of amides is 1. The Balaban J connectivity index is 1.38. The molecule has 0 atom stereocenters. The van der Waals surface area contributed by atoms with Crippen LogP contribution in [0.4, 0.5) is 5.69 Å². The van der Waals surface area contributed by atoms with Crippen LogP contribution >= 0.6 is 0 Å². The summed E-state index contributed by atoms with van der Waals surface area (Å²) >= 11 is 0. The maximum absolute atomic E-state index is 12.4. The molecule has 1 heterocycles. The topological polar surface area (TPSA) is 73.9 Å². The molecular formula is C22H17NO5. The molecule has 0 aliphatic carbocycles. The Bertz CT molecular complexity index is 999. The Morgan fingerprint density at radius 2 is 1.71 bits per heavy atom. The Kier molecular flexibility index (Phi) is 4.93. The largest absolute Gasteiger partial charge is 0.489 e. The molecule has 0 saturated heterocycles. The first-order chi connectivity index (χ1) is 13.7. The van der Waals surface area contributed by atoms with Crippen molar-refractivity contribution < 1.29 is 23.8 Å². The van der Waals surface area contributed by atoms with Crippen molar-refractivity contribution in [1.82, 2.24) is 0 Å². The molecule has 6 nitrogen and oxygen atoms in total. The second-order valence-electron chi connectivity index (χ2n) is 6.18. The lowest BCUT2D eigenvalue weighted by molar-refractivity contribution is -0.118. The molecule has 1 amide bonds. The van der Waals surface area contributed by atoms with E-state index >= 15 is 0 Å². The quantitative estimate of drug-likeness (QED) is 0.542. The highest BCUT2D eigenvalue weighted by molar-refractivity contribution is 5.96. The molecule has 0 saturated carbocycles. The monoisotopic (exact) mass is 375 g/mol. The minimum Gasteiger partial charge on any atom is -0.489 e. The number of nitrogens with one attached hydrogen (secondary N) is 1. The minimum atomic E-state index is -0.502. The highest BCUT2D eigenvalue weighted by Crippen LogP contribution is 2.31. The van der Waals surface area contributed by atoms with Crippen LogP contribution in [0.3, 0.4) is 0 Å². The summed E-state index contributed by atoms with van der Waals surface area (Å²) in [6, 6.07) is 21.4. The van der Waals surface area contributed by atoms with Crippen LogP contribution in [-0.4, -0.2) is 18.5 Å². The van der Waals surface area contributed by atoms with E-state index in [1.54, 1.807) is 42.5 Å². The molecule has 6 heteroatoms. The van der Waals surface area contributed by atoms with Crippen molar-refractivity contribution in [2.24, 2.45) is 0 Å². The fourth-order valence-corrected chi connectivity index (χ4v) is 2.72. The SMILES string of the molecule is O=C1COc2ccc(OC(=O)c3ccc(OCc4ccccc4)cc3)cc2N1. The Hall–Kier alpha value is -3.80. The number of carbonyl (C=O) groups is 2. The number of fused-ring (bicyclic) bond motifs is 1. The highest BCUT2D eigenvalue weighted by atomic mass is 16.5. The third-order valence-electron chi connectivity index (χ3n) is 4.13. The van der Waals surface area contributed by atoms with Crippen molar-refractivity contribution >= 4 is 17.6 Å². The molecule has 1 N–H and O–H groups in total. The third kappa shape index (κ3) is 4.12. The molecule has 140 valence electrons. The first-order valence-corrected chi connectivity index (χ1v) is 8.73. The first-order valence-electron chi connectivity index (χ1n) is 8.73. The molecule has 1 aliphatic rings. The highest BCUT2D eigenvalue weighted by Gasteiger charge is 2.17. The van der Waals surface area contributed by atoms with Gasteiger partial charge in [0, 0.05) is 6.07 Å². The lowest BCUT2D eigenvalue weighted by Crippen LogP contribution is -2.25. The summed E-state index contributed by atoms with van der Waals surface area (Å²) in [5.41, 5.74) is 1.94. The Morgan fingerprint density at radius 1 is 0.964 bits per heavy atom. The van der Waals surface area contributed by atoms with Gasteiger partial charge < -0.3 is 19.5 Å². The maximum atomic E-state index is 12.4. The van der Waals surface area contributed by atoms with Crippen LogP contribution in [0.25, 0.3) is 0 Å². The van der Waals surface area contributed by atoms with Crippen molar-refractivity contribution in [3.63, 3.8) is 0 Å². The normalized spacial score (nSPS) is 12.4. The van der Waals surface area contributed by atoms with Gasteiger partial charge in [-0.25, -0.2) is 4.79 Å². The fraction of sp³-hybridized carbons (Fsp3) is 0.0909. The molecule has 3 aromatic carbocycles. The standard InChI is InChI=1S/C22H17NO5/c24-21-14-27-20-11-10-18(12-19(20)23-21)28-22(25)16-6-8-17(9-7-16)26-13-15-4-2-1-3-5-15/h1-12H,13-14H2,(H,23,24). The van der Waals surface area contributed by atoms with Crippen LogP contribution in [0, 0.1) is 0 Å². The van der Waals surface area contributed by atoms with Gasteiger partial charge in [-0.05, 0) is 42.0 Å². The summed E-state index contributed by atoms with van der Waals surface area (Å²) in [4.78, 5) is 23.8. The van der Waals surface area contributed by atoms with Gasteiger partial charge in [0.05, 0.1) is 11.3 Å². The number of benzene rings is 3. The predicted molar refractivity (Wildman–Crippen MR) is 103 cm³/mol. The number of anilines is 1. The van der Waals surface area contributed by atoms with Crippen LogP contribution < -0.4 is 19.5 Å².